The van der Waals surface area contributed by atoms with E-state index >= 15 is 0 Å². The predicted octanol–water partition coefficient (Wildman–Crippen LogP) is 5.58. The summed E-state index contributed by atoms with van der Waals surface area (Å²) in [5, 5.41) is 10.9. The molecule has 3 heteroatoms. The fourth-order valence-electron chi connectivity index (χ4n) is 4.71. The lowest BCUT2D eigenvalue weighted by molar-refractivity contribution is 0.133. The number of aliphatic hydroxyl groups excluding tert-OH is 1. The number of rotatable bonds is 6. The number of aliphatic imine (C=N–C) groups is 1. The molecule has 2 atom stereocenters. The second-order valence-electron chi connectivity index (χ2n) is 8.18. The molecule has 0 saturated heterocycles. The fraction of sp³-hybridized carbons (Fsp3) is 0.138. The molecule has 0 fully saturated rings. The van der Waals surface area contributed by atoms with Gasteiger partial charge < -0.3 is 10.0 Å². The molecule has 0 saturated carbocycles. The number of hydrogen-bond acceptors (Lipinski definition) is 3. The van der Waals surface area contributed by atoms with Gasteiger partial charge in [0.1, 0.15) is 11.4 Å². The second-order valence-corrected chi connectivity index (χ2v) is 8.18. The van der Waals surface area contributed by atoms with E-state index in [1.807, 2.05) is 48.5 Å². The van der Waals surface area contributed by atoms with E-state index in [0.717, 1.165) is 22.5 Å². The summed E-state index contributed by atoms with van der Waals surface area (Å²) in [6.07, 6.45) is 0. The first-order valence-electron chi connectivity index (χ1n) is 11.0. The molecule has 0 aliphatic carbocycles. The molecule has 1 aliphatic rings. The Kier molecular flexibility index (Phi) is 5.57. The summed E-state index contributed by atoms with van der Waals surface area (Å²) in [5.41, 5.74) is 3.61. The first kappa shape index (κ1) is 20.2. The van der Waals surface area contributed by atoms with Gasteiger partial charge in [-0.05, 0) is 16.7 Å². The summed E-state index contributed by atoms with van der Waals surface area (Å²) in [7, 11) is 0. The van der Waals surface area contributed by atoms with Crippen molar-refractivity contribution in [2.45, 2.75) is 18.1 Å². The normalized spacial score (nSPS) is 20.2. The van der Waals surface area contributed by atoms with E-state index in [9.17, 15) is 5.11 Å². The third-order valence-corrected chi connectivity index (χ3v) is 6.20. The summed E-state index contributed by atoms with van der Waals surface area (Å²) >= 11 is 0. The summed E-state index contributed by atoms with van der Waals surface area (Å²) in [5.74, 6) is 0.904. The van der Waals surface area contributed by atoms with Gasteiger partial charge in [0, 0.05) is 12.1 Å². The van der Waals surface area contributed by atoms with E-state index in [4.69, 9.17) is 4.99 Å². The molecule has 3 nitrogen and oxygen atoms in total. The molecule has 5 rings (SSSR count). The zero-order valence-electron chi connectivity index (χ0n) is 17.9. The average molecular weight is 419 g/mol. The number of hydrogen-bond donors (Lipinski definition) is 1. The van der Waals surface area contributed by atoms with Crippen LogP contribution in [0.2, 0.25) is 0 Å². The number of benzene rings is 4. The molecule has 4 aromatic carbocycles. The maximum atomic E-state index is 10.9. The van der Waals surface area contributed by atoms with Gasteiger partial charge in [0.2, 0.25) is 0 Å². The molecule has 0 aromatic heterocycles. The van der Waals surface area contributed by atoms with Crippen molar-refractivity contribution in [2.24, 2.45) is 4.99 Å². The molecule has 0 bridgehead atoms. The van der Waals surface area contributed by atoms with Crippen LogP contribution in [0.5, 0.6) is 0 Å². The number of nitrogens with zero attached hydrogens (tertiary/aromatic N) is 2. The van der Waals surface area contributed by atoms with Crippen LogP contribution in [-0.4, -0.2) is 22.4 Å². The molecule has 1 N–H and O–H groups in total. The summed E-state index contributed by atoms with van der Waals surface area (Å²) in [4.78, 5) is 7.66. The van der Waals surface area contributed by atoms with Crippen molar-refractivity contribution in [3.05, 3.63) is 144 Å². The Morgan fingerprint density at radius 2 is 1.22 bits per heavy atom. The minimum absolute atomic E-state index is 0.0851. The molecule has 1 aliphatic heterocycles. The van der Waals surface area contributed by atoms with Crippen molar-refractivity contribution in [1.29, 1.82) is 0 Å². The van der Waals surface area contributed by atoms with E-state index < -0.39 is 5.54 Å². The minimum Gasteiger partial charge on any atom is -0.393 e. The van der Waals surface area contributed by atoms with Crippen LogP contribution < -0.4 is 0 Å². The molecule has 0 unspecified atom stereocenters. The van der Waals surface area contributed by atoms with Crippen LogP contribution in [0.25, 0.3) is 0 Å². The molecule has 32 heavy (non-hydrogen) atoms. The molecular weight excluding hydrogens is 392 g/mol. The summed E-state index contributed by atoms with van der Waals surface area (Å²) in [6, 6.07) is 41.2. The lowest BCUT2D eigenvalue weighted by Crippen LogP contribution is -2.40. The van der Waals surface area contributed by atoms with E-state index in [0.29, 0.717) is 6.54 Å². The molecule has 158 valence electrons. The van der Waals surface area contributed by atoms with E-state index in [2.05, 4.69) is 77.7 Å². The van der Waals surface area contributed by atoms with Gasteiger partial charge in [-0.15, -0.1) is 0 Å². The molecule has 0 spiro atoms. The highest BCUT2D eigenvalue weighted by Crippen LogP contribution is 2.48. The maximum Gasteiger partial charge on any atom is 0.135 e. The Morgan fingerprint density at radius 1 is 0.688 bits per heavy atom. The van der Waals surface area contributed by atoms with Gasteiger partial charge in [-0.2, -0.15) is 0 Å². The Balaban J connectivity index is 1.73. The highest BCUT2D eigenvalue weighted by atomic mass is 16.3. The Labute approximate surface area is 189 Å². The van der Waals surface area contributed by atoms with Gasteiger partial charge in [-0.1, -0.05) is 121 Å². The molecule has 0 radical (unpaired) electrons. The van der Waals surface area contributed by atoms with Gasteiger partial charge in [0.25, 0.3) is 0 Å². The Morgan fingerprint density at radius 3 is 1.81 bits per heavy atom. The van der Waals surface area contributed by atoms with Gasteiger partial charge in [0.05, 0.1) is 12.6 Å². The molecule has 4 aromatic rings. The van der Waals surface area contributed by atoms with Crippen molar-refractivity contribution in [3.63, 3.8) is 0 Å². The van der Waals surface area contributed by atoms with Crippen LogP contribution in [0.3, 0.4) is 0 Å². The Hall–Kier alpha value is -3.69. The standard InChI is InChI=1S/C29H26N2O/c32-22-29(26-19-11-4-12-20-26)27(24-15-7-2-8-16-24)31(21-23-13-5-1-6-14-23)28(30-29)25-17-9-3-10-18-25/h1-20,27,32H,21-22H2/t27-,29-/m1/s1. The van der Waals surface area contributed by atoms with Crippen LogP contribution in [0, 0.1) is 0 Å². The van der Waals surface area contributed by atoms with Crippen LogP contribution in [0.15, 0.2) is 126 Å². The van der Waals surface area contributed by atoms with Crippen LogP contribution in [-0.2, 0) is 12.1 Å². The van der Waals surface area contributed by atoms with Crippen molar-refractivity contribution >= 4 is 5.84 Å². The number of amidine groups is 1. The first-order chi connectivity index (χ1) is 15.8. The van der Waals surface area contributed by atoms with Crippen molar-refractivity contribution in [3.8, 4) is 0 Å². The zero-order valence-corrected chi connectivity index (χ0v) is 17.9. The molecule has 1 heterocycles. The first-order valence-corrected chi connectivity index (χ1v) is 11.0. The fourth-order valence-corrected chi connectivity index (χ4v) is 4.71. The second kappa shape index (κ2) is 8.81. The third kappa shape index (κ3) is 3.61. The van der Waals surface area contributed by atoms with Crippen molar-refractivity contribution < 1.29 is 5.11 Å². The molecule has 0 amide bonds. The summed E-state index contributed by atoms with van der Waals surface area (Å²) in [6.45, 7) is 0.612. The minimum atomic E-state index is -0.803. The average Bonchev–Trinajstić information content (AvgIpc) is 3.21. The van der Waals surface area contributed by atoms with Crippen LogP contribution in [0.1, 0.15) is 28.3 Å². The predicted molar refractivity (Wildman–Crippen MR) is 129 cm³/mol. The lowest BCUT2D eigenvalue weighted by atomic mass is 9.80. The number of aliphatic hydroxyl groups is 1. The van der Waals surface area contributed by atoms with Crippen LogP contribution >= 0.6 is 0 Å². The van der Waals surface area contributed by atoms with E-state index in [1.165, 1.54) is 5.56 Å². The molecular formula is C29H26N2O. The van der Waals surface area contributed by atoms with E-state index in [-0.39, 0.29) is 12.6 Å². The van der Waals surface area contributed by atoms with Gasteiger partial charge in [-0.25, -0.2) is 0 Å². The van der Waals surface area contributed by atoms with Gasteiger partial charge >= 0.3 is 0 Å². The SMILES string of the molecule is OC[C@]1(c2ccccc2)N=C(c2ccccc2)N(Cc2ccccc2)[C@@H]1c1ccccc1. The van der Waals surface area contributed by atoms with Gasteiger partial charge in [-0.3, -0.25) is 4.99 Å². The van der Waals surface area contributed by atoms with Gasteiger partial charge in [0.15, 0.2) is 0 Å². The summed E-state index contributed by atoms with van der Waals surface area (Å²) < 4.78 is 0. The van der Waals surface area contributed by atoms with Crippen molar-refractivity contribution in [2.75, 3.05) is 6.61 Å². The largest absolute Gasteiger partial charge is 0.393 e. The maximum absolute atomic E-state index is 10.9. The van der Waals surface area contributed by atoms with E-state index in [1.54, 1.807) is 0 Å². The Bertz CT molecular complexity index is 1180. The van der Waals surface area contributed by atoms with Crippen LogP contribution in [0.4, 0.5) is 0 Å². The highest BCUT2D eigenvalue weighted by molar-refractivity contribution is 6.01. The lowest BCUT2D eigenvalue weighted by Gasteiger charge is -2.37. The third-order valence-electron chi connectivity index (χ3n) is 6.20. The van der Waals surface area contributed by atoms with Crippen molar-refractivity contribution in [1.82, 2.24) is 4.90 Å². The highest BCUT2D eigenvalue weighted by Gasteiger charge is 2.50. The monoisotopic (exact) mass is 418 g/mol. The topological polar surface area (TPSA) is 35.8 Å². The quantitative estimate of drug-likeness (QED) is 0.444. The smallest absolute Gasteiger partial charge is 0.135 e. The zero-order chi connectivity index (χ0) is 21.8.